The first-order valence-corrected chi connectivity index (χ1v) is 7.80. The smallest absolute Gasteiger partial charge is 0.191 e. The molecule has 2 aromatic heterocycles. The molecule has 2 heterocycles. The molecule has 0 bridgehead atoms. The summed E-state index contributed by atoms with van der Waals surface area (Å²) in [6, 6.07) is 5.83. The summed E-state index contributed by atoms with van der Waals surface area (Å²) in [5.74, 6) is 1.12. The lowest BCUT2D eigenvalue weighted by molar-refractivity contribution is 0.938. The number of aromatic nitrogens is 3. The van der Waals surface area contributed by atoms with Gasteiger partial charge in [-0.15, -0.1) is 0 Å². The highest BCUT2D eigenvalue weighted by Gasteiger charge is 2.24. The van der Waals surface area contributed by atoms with Crippen LogP contribution in [0.2, 0.25) is 5.15 Å². The van der Waals surface area contributed by atoms with E-state index >= 15 is 0 Å². The van der Waals surface area contributed by atoms with Crippen LogP contribution in [0.5, 0.6) is 0 Å². The van der Waals surface area contributed by atoms with E-state index in [4.69, 9.17) is 17.3 Å². The number of nitrogen functional groups attached to an aromatic ring is 1. The summed E-state index contributed by atoms with van der Waals surface area (Å²) >= 11 is 7.41. The molecule has 2 aromatic rings. The molecule has 0 aromatic carbocycles. The van der Waals surface area contributed by atoms with E-state index in [1.807, 2.05) is 6.20 Å². The van der Waals surface area contributed by atoms with Crippen LogP contribution >= 0.6 is 23.4 Å². The molecular weight excluding hydrogens is 292 g/mol. The van der Waals surface area contributed by atoms with E-state index in [-0.39, 0.29) is 5.25 Å². The molecule has 0 amide bonds. The Morgan fingerprint density at radius 1 is 1.35 bits per heavy atom. The number of hydrogen-bond donors (Lipinski definition) is 1. The molecule has 6 heteroatoms. The maximum atomic E-state index is 5.89. The lowest BCUT2D eigenvalue weighted by atomic mass is 10.1. The predicted molar refractivity (Wildman–Crippen MR) is 81.9 cm³/mol. The quantitative estimate of drug-likeness (QED) is 0.528. The Morgan fingerprint density at radius 3 is 2.85 bits per heavy atom. The van der Waals surface area contributed by atoms with E-state index in [1.165, 1.54) is 30.2 Å². The van der Waals surface area contributed by atoms with Crippen LogP contribution in [0.4, 0.5) is 5.82 Å². The van der Waals surface area contributed by atoms with Gasteiger partial charge in [-0.05, 0) is 43.4 Å². The second-order valence-corrected chi connectivity index (χ2v) is 6.64. The Morgan fingerprint density at radius 2 is 2.15 bits per heavy atom. The molecule has 0 aliphatic heterocycles. The van der Waals surface area contributed by atoms with Gasteiger partial charge in [0.25, 0.3) is 0 Å². The molecule has 0 radical (unpaired) electrons. The number of hydrogen-bond acceptors (Lipinski definition) is 5. The Labute approximate surface area is 127 Å². The van der Waals surface area contributed by atoms with Crippen molar-refractivity contribution in [3.05, 3.63) is 40.8 Å². The van der Waals surface area contributed by atoms with Crippen LogP contribution in [-0.2, 0) is 0 Å². The number of thioether (sulfide) groups is 1. The van der Waals surface area contributed by atoms with Gasteiger partial charge in [-0.1, -0.05) is 23.4 Å². The van der Waals surface area contributed by atoms with Crippen molar-refractivity contribution in [3.8, 4) is 0 Å². The highest BCUT2D eigenvalue weighted by molar-refractivity contribution is 7.99. The largest absolute Gasteiger partial charge is 0.384 e. The van der Waals surface area contributed by atoms with Gasteiger partial charge in [-0.3, -0.25) is 4.98 Å². The summed E-state index contributed by atoms with van der Waals surface area (Å²) in [4.78, 5) is 12.8. The highest BCUT2D eigenvalue weighted by atomic mass is 35.5. The minimum Gasteiger partial charge on any atom is -0.384 e. The van der Waals surface area contributed by atoms with Gasteiger partial charge < -0.3 is 5.73 Å². The topological polar surface area (TPSA) is 64.7 Å². The number of rotatable bonds is 4. The van der Waals surface area contributed by atoms with Crippen LogP contribution in [0.1, 0.15) is 42.2 Å². The second kappa shape index (κ2) is 5.58. The number of pyridine rings is 1. The fraction of sp³-hybridized carbons (Fsp3) is 0.357. The van der Waals surface area contributed by atoms with Crippen LogP contribution in [0, 0.1) is 0 Å². The zero-order chi connectivity index (χ0) is 14.1. The van der Waals surface area contributed by atoms with E-state index < -0.39 is 0 Å². The van der Waals surface area contributed by atoms with Gasteiger partial charge in [-0.2, -0.15) is 0 Å². The molecule has 1 unspecified atom stereocenters. The molecule has 1 aliphatic carbocycles. The molecular formula is C14H15ClN4S. The first-order chi connectivity index (χ1) is 9.61. The number of nitrogens with two attached hydrogens (primary N) is 1. The van der Waals surface area contributed by atoms with Crippen molar-refractivity contribution in [3.63, 3.8) is 0 Å². The third-order valence-electron chi connectivity index (χ3n) is 3.25. The first kappa shape index (κ1) is 13.6. The number of anilines is 1. The summed E-state index contributed by atoms with van der Waals surface area (Å²) in [7, 11) is 0. The summed E-state index contributed by atoms with van der Waals surface area (Å²) in [6.45, 7) is 2.09. The van der Waals surface area contributed by atoms with Crippen LogP contribution in [-0.4, -0.2) is 15.0 Å². The Bertz CT molecular complexity index is 610. The zero-order valence-electron chi connectivity index (χ0n) is 11.1. The van der Waals surface area contributed by atoms with Crippen molar-refractivity contribution in [2.24, 2.45) is 0 Å². The minimum atomic E-state index is 0.159. The van der Waals surface area contributed by atoms with Gasteiger partial charge >= 0.3 is 0 Å². The van der Waals surface area contributed by atoms with Crippen LogP contribution in [0.25, 0.3) is 0 Å². The summed E-state index contributed by atoms with van der Waals surface area (Å²) in [5.41, 5.74) is 8.11. The molecule has 2 N–H and O–H groups in total. The normalized spacial score (nSPS) is 16.1. The minimum absolute atomic E-state index is 0.159. The van der Waals surface area contributed by atoms with Crippen molar-refractivity contribution in [1.82, 2.24) is 15.0 Å². The number of halogens is 1. The van der Waals surface area contributed by atoms with Crippen molar-refractivity contribution < 1.29 is 0 Å². The van der Waals surface area contributed by atoms with Crippen LogP contribution < -0.4 is 5.73 Å². The Kier molecular flexibility index (Phi) is 3.81. The number of nitrogens with zero attached hydrogens (tertiary/aromatic N) is 3. The fourth-order valence-corrected chi connectivity index (χ4v) is 3.16. The average Bonchev–Trinajstić information content (AvgIpc) is 3.22. The van der Waals surface area contributed by atoms with Crippen molar-refractivity contribution in [2.75, 3.05) is 5.73 Å². The molecule has 1 atom stereocenters. The molecule has 1 fully saturated rings. The van der Waals surface area contributed by atoms with Crippen molar-refractivity contribution >= 4 is 29.2 Å². The molecule has 0 spiro atoms. The fourth-order valence-electron chi connectivity index (χ4n) is 2.04. The van der Waals surface area contributed by atoms with E-state index in [0.29, 0.717) is 16.1 Å². The van der Waals surface area contributed by atoms with Gasteiger partial charge in [0.2, 0.25) is 0 Å². The van der Waals surface area contributed by atoms with Crippen molar-refractivity contribution in [2.45, 2.75) is 36.1 Å². The molecule has 1 saturated carbocycles. The van der Waals surface area contributed by atoms with Gasteiger partial charge in [-0.25, -0.2) is 9.97 Å². The second-order valence-electron chi connectivity index (χ2n) is 4.95. The highest BCUT2D eigenvalue weighted by Crippen LogP contribution is 2.41. The molecule has 1 aliphatic rings. The zero-order valence-corrected chi connectivity index (χ0v) is 12.7. The first-order valence-electron chi connectivity index (χ1n) is 6.54. The SMILES string of the molecule is CC(Sc1nc(N)cc(Cl)n1)c1cc(C2CC2)ccn1. The summed E-state index contributed by atoms with van der Waals surface area (Å²) in [6.07, 6.45) is 4.46. The van der Waals surface area contributed by atoms with Gasteiger partial charge in [0, 0.05) is 12.3 Å². The van der Waals surface area contributed by atoms with Gasteiger partial charge in [0.1, 0.15) is 11.0 Å². The third-order valence-corrected chi connectivity index (χ3v) is 4.43. The predicted octanol–water partition coefficient (Wildman–Crippen LogP) is 3.84. The van der Waals surface area contributed by atoms with E-state index in [0.717, 1.165) is 11.6 Å². The molecule has 104 valence electrons. The monoisotopic (exact) mass is 306 g/mol. The molecule has 0 saturated heterocycles. The molecule has 3 rings (SSSR count). The standard InChI is InChI=1S/C14H15ClN4S/c1-8(20-14-18-12(15)7-13(16)19-14)11-6-10(4-5-17-11)9-2-3-9/h4-9H,2-3H2,1H3,(H2,16,18,19). The maximum absolute atomic E-state index is 5.89. The van der Waals surface area contributed by atoms with E-state index in [9.17, 15) is 0 Å². The van der Waals surface area contributed by atoms with Crippen molar-refractivity contribution in [1.29, 1.82) is 0 Å². The maximum Gasteiger partial charge on any atom is 0.191 e. The van der Waals surface area contributed by atoms with E-state index in [1.54, 1.807) is 6.07 Å². The average molecular weight is 307 g/mol. The lowest BCUT2D eigenvalue weighted by Crippen LogP contribution is -1.98. The summed E-state index contributed by atoms with van der Waals surface area (Å²) in [5, 5.41) is 1.11. The molecule has 4 nitrogen and oxygen atoms in total. The van der Waals surface area contributed by atoms with E-state index in [2.05, 4.69) is 34.0 Å². The van der Waals surface area contributed by atoms with Gasteiger partial charge in [0.05, 0.1) is 10.9 Å². The Balaban J connectivity index is 1.78. The van der Waals surface area contributed by atoms with Gasteiger partial charge in [0.15, 0.2) is 5.16 Å². The molecule has 20 heavy (non-hydrogen) atoms. The van der Waals surface area contributed by atoms with Crippen LogP contribution in [0.15, 0.2) is 29.6 Å². The third kappa shape index (κ3) is 3.22. The lowest BCUT2D eigenvalue weighted by Gasteiger charge is -2.11. The van der Waals surface area contributed by atoms with Crippen LogP contribution in [0.3, 0.4) is 0 Å². The Hall–Kier alpha value is -1.33. The summed E-state index contributed by atoms with van der Waals surface area (Å²) < 4.78 is 0.